The molecule has 0 fully saturated rings. The van der Waals surface area contributed by atoms with Crippen LogP contribution in [0.5, 0.6) is 17.2 Å². The summed E-state index contributed by atoms with van der Waals surface area (Å²) in [5.74, 6) is 0.954. The first kappa shape index (κ1) is 23.4. The third kappa shape index (κ3) is 5.09. The molecule has 1 amide bonds. The van der Waals surface area contributed by atoms with Crippen LogP contribution in [0.3, 0.4) is 0 Å². The van der Waals surface area contributed by atoms with Gasteiger partial charge < -0.3 is 19.5 Å². The minimum Gasteiger partial charge on any atom is -0.495 e. The van der Waals surface area contributed by atoms with E-state index >= 15 is 0 Å². The van der Waals surface area contributed by atoms with Crippen LogP contribution in [0.25, 0.3) is 0 Å². The maximum absolute atomic E-state index is 13.6. The number of rotatable bonds is 7. The molecule has 8 nitrogen and oxygen atoms in total. The van der Waals surface area contributed by atoms with Crippen molar-refractivity contribution in [1.82, 2.24) is 0 Å². The van der Waals surface area contributed by atoms with E-state index in [1.807, 2.05) is 6.92 Å². The van der Waals surface area contributed by atoms with Gasteiger partial charge in [-0.15, -0.1) is 0 Å². The van der Waals surface area contributed by atoms with Gasteiger partial charge in [-0.25, -0.2) is 8.42 Å². The number of methoxy groups -OCH3 is 1. The van der Waals surface area contributed by atoms with Crippen molar-refractivity contribution < 1.29 is 27.4 Å². The molecular formula is C25H26N2O6S. The molecule has 3 aromatic rings. The van der Waals surface area contributed by atoms with E-state index in [4.69, 9.17) is 14.2 Å². The first-order valence-corrected chi connectivity index (χ1v) is 12.2. The van der Waals surface area contributed by atoms with Crippen molar-refractivity contribution in [2.24, 2.45) is 0 Å². The predicted octanol–water partition coefficient (Wildman–Crippen LogP) is 4.00. The Kier molecular flexibility index (Phi) is 6.93. The quantitative estimate of drug-likeness (QED) is 0.547. The number of amides is 1. The Morgan fingerprint density at radius 2 is 1.71 bits per heavy atom. The molecule has 178 valence electrons. The van der Waals surface area contributed by atoms with Gasteiger partial charge in [0.1, 0.15) is 12.3 Å². The zero-order valence-electron chi connectivity index (χ0n) is 19.0. The number of hydrogen-bond acceptors (Lipinski definition) is 6. The van der Waals surface area contributed by atoms with E-state index in [0.29, 0.717) is 36.1 Å². The fourth-order valence-corrected chi connectivity index (χ4v) is 4.98. The average molecular weight is 483 g/mol. The van der Waals surface area contributed by atoms with E-state index in [1.165, 1.54) is 19.2 Å². The third-order valence-electron chi connectivity index (χ3n) is 5.28. The van der Waals surface area contributed by atoms with Gasteiger partial charge in [-0.3, -0.25) is 9.10 Å². The van der Waals surface area contributed by atoms with E-state index in [-0.39, 0.29) is 10.6 Å². The van der Waals surface area contributed by atoms with E-state index in [2.05, 4.69) is 5.32 Å². The lowest BCUT2D eigenvalue weighted by Gasteiger charge is -2.25. The Labute approximate surface area is 199 Å². The van der Waals surface area contributed by atoms with Gasteiger partial charge in [-0.2, -0.15) is 0 Å². The van der Waals surface area contributed by atoms with Crippen LogP contribution in [0, 0.1) is 6.92 Å². The maximum atomic E-state index is 13.6. The van der Waals surface area contributed by atoms with Crippen molar-refractivity contribution in [3.63, 3.8) is 0 Å². The van der Waals surface area contributed by atoms with Gasteiger partial charge in [0.2, 0.25) is 5.91 Å². The molecule has 34 heavy (non-hydrogen) atoms. The highest BCUT2D eigenvalue weighted by Gasteiger charge is 2.29. The Morgan fingerprint density at radius 1 is 1.00 bits per heavy atom. The fourth-order valence-electron chi connectivity index (χ4n) is 3.54. The van der Waals surface area contributed by atoms with Gasteiger partial charge in [-0.1, -0.05) is 29.8 Å². The summed E-state index contributed by atoms with van der Waals surface area (Å²) in [5.41, 5.74) is 1.66. The third-order valence-corrected chi connectivity index (χ3v) is 7.06. The summed E-state index contributed by atoms with van der Waals surface area (Å²) in [5, 5.41) is 2.76. The number of carbonyl (C=O) groups is 1. The van der Waals surface area contributed by atoms with Gasteiger partial charge in [-0.05, 0) is 43.3 Å². The van der Waals surface area contributed by atoms with Crippen molar-refractivity contribution in [3.8, 4) is 17.2 Å². The van der Waals surface area contributed by atoms with Gasteiger partial charge in [0.05, 0.1) is 30.9 Å². The lowest BCUT2D eigenvalue weighted by atomic mass is 10.2. The van der Waals surface area contributed by atoms with Crippen molar-refractivity contribution >= 4 is 27.3 Å². The second kappa shape index (κ2) is 10.0. The summed E-state index contributed by atoms with van der Waals surface area (Å²) in [6.45, 7) is 2.49. The summed E-state index contributed by atoms with van der Waals surface area (Å²) in [6.07, 6.45) is 0.765. The monoisotopic (exact) mass is 482 g/mol. The molecule has 0 unspecified atom stereocenters. The molecular weight excluding hydrogens is 456 g/mol. The summed E-state index contributed by atoms with van der Waals surface area (Å²) < 4.78 is 44.9. The molecule has 0 spiro atoms. The molecule has 0 saturated carbocycles. The van der Waals surface area contributed by atoms with Crippen LogP contribution in [0.2, 0.25) is 0 Å². The minimum atomic E-state index is -4.06. The van der Waals surface area contributed by atoms with Crippen LogP contribution < -0.4 is 23.8 Å². The van der Waals surface area contributed by atoms with Crippen LogP contribution in [0.1, 0.15) is 12.0 Å². The molecule has 0 aliphatic carbocycles. The molecule has 9 heteroatoms. The molecule has 0 radical (unpaired) electrons. The molecule has 3 aromatic carbocycles. The first-order chi connectivity index (χ1) is 16.4. The van der Waals surface area contributed by atoms with Gasteiger partial charge in [0.15, 0.2) is 11.5 Å². The highest BCUT2D eigenvalue weighted by molar-refractivity contribution is 7.92. The Hall–Kier alpha value is -3.72. The van der Waals surface area contributed by atoms with Crippen LogP contribution in [-0.4, -0.2) is 41.2 Å². The first-order valence-electron chi connectivity index (χ1n) is 10.8. The second-order valence-corrected chi connectivity index (χ2v) is 9.62. The zero-order chi connectivity index (χ0) is 24.1. The van der Waals surface area contributed by atoms with Gasteiger partial charge >= 0.3 is 0 Å². The fraction of sp³-hybridized carbons (Fsp3) is 0.240. The molecule has 0 aromatic heterocycles. The number of nitrogens with one attached hydrogen (secondary N) is 1. The summed E-state index contributed by atoms with van der Waals surface area (Å²) in [4.78, 5) is 13.1. The van der Waals surface area contributed by atoms with Crippen molar-refractivity contribution in [2.75, 3.05) is 36.5 Å². The minimum absolute atomic E-state index is 0.0763. The lowest BCUT2D eigenvalue weighted by Crippen LogP contribution is -2.38. The number of para-hydroxylation sites is 2. The number of carbonyl (C=O) groups excluding carboxylic acids is 1. The lowest BCUT2D eigenvalue weighted by molar-refractivity contribution is -0.114. The maximum Gasteiger partial charge on any atom is 0.264 e. The molecule has 1 heterocycles. The molecule has 4 rings (SSSR count). The zero-order valence-corrected chi connectivity index (χ0v) is 19.8. The van der Waals surface area contributed by atoms with Crippen LogP contribution >= 0.6 is 0 Å². The molecule has 1 aliphatic rings. The predicted molar refractivity (Wildman–Crippen MR) is 129 cm³/mol. The number of hydrogen-bond donors (Lipinski definition) is 1. The molecule has 1 N–H and O–H groups in total. The smallest absolute Gasteiger partial charge is 0.264 e. The Morgan fingerprint density at radius 3 is 2.44 bits per heavy atom. The van der Waals surface area contributed by atoms with Gasteiger partial charge in [0, 0.05) is 18.2 Å². The van der Waals surface area contributed by atoms with Crippen molar-refractivity contribution in [3.05, 3.63) is 72.3 Å². The number of benzene rings is 3. The van der Waals surface area contributed by atoms with Crippen LogP contribution in [0.4, 0.5) is 11.4 Å². The topological polar surface area (TPSA) is 94.2 Å². The number of ether oxygens (including phenoxy) is 3. The number of sulfonamides is 1. The summed E-state index contributed by atoms with van der Waals surface area (Å²) in [7, 11) is -2.61. The number of anilines is 2. The highest BCUT2D eigenvalue weighted by atomic mass is 32.2. The van der Waals surface area contributed by atoms with Gasteiger partial charge in [0.25, 0.3) is 10.0 Å². The molecule has 1 aliphatic heterocycles. The largest absolute Gasteiger partial charge is 0.495 e. The van der Waals surface area contributed by atoms with Crippen LogP contribution in [-0.2, 0) is 14.8 Å². The summed E-state index contributed by atoms with van der Waals surface area (Å²) in [6, 6.07) is 18.2. The average Bonchev–Trinajstić information content (AvgIpc) is 3.08. The van der Waals surface area contributed by atoms with E-state index in [1.54, 1.807) is 54.6 Å². The molecule has 0 saturated heterocycles. The number of nitrogens with zero attached hydrogens (tertiary/aromatic N) is 1. The van der Waals surface area contributed by atoms with E-state index in [9.17, 15) is 13.2 Å². The van der Waals surface area contributed by atoms with E-state index < -0.39 is 22.5 Å². The second-order valence-electron chi connectivity index (χ2n) is 7.76. The molecule has 0 atom stereocenters. The number of fused-ring (bicyclic) bond motifs is 1. The standard InChI is InChI=1S/C25H26N2O6S/c1-18-8-11-20(12-9-18)34(29,30)27(21-6-3-4-7-22(21)31-2)17-25(28)26-19-10-13-23-24(16-19)33-15-5-14-32-23/h3-4,6-13,16H,5,14-15,17H2,1-2H3,(H,26,28). The SMILES string of the molecule is COc1ccccc1N(CC(=O)Nc1ccc2c(c1)OCCCO2)S(=O)(=O)c1ccc(C)cc1. The highest BCUT2D eigenvalue weighted by Crippen LogP contribution is 2.34. The Bertz CT molecular complexity index is 1270. The summed E-state index contributed by atoms with van der Waals surface area (Å²) >= 11 is 0. The Balaban J connectivity index is 1.64. The van der Waals surface area contributed by atoms with Crippen molar-refractivity contribution in [2.45, 2.75) is 18.2 Å². The normalized spacial score (nSPS) is 13.0. The number of aryl methyl sites for hydroxylation is 1. The molecule has 0 bridgehead atoms. The van der Waals surface area contributed by atoms with Crippen molar-refractivity contribution in [1.29, 1.82) is 0 Å². The van der Waals surface area contributed by atoms with Crippen LogP contribution in [0.15, 0.2) is 71.6 Å². The van der Waals surface area contributed by atoms with E-state index in [0.717, 1.165) is 16.3 Å².